The fourth-order valence-corrected chi connectivity index (χ4v) is 3.71. The van der Waals surface area contributed by atoms with E-state index in [9.17, 15) is 21.6 Å². The van der Waals surface area contributed by atoms with Gasteiger partial charge < -0.3 is 5.32 Å². The zero-order valence-electron chi connectivity index (χ0n) is 12.8. The van der Waals surface area contributed by atoms with Crippen molar-refractivity contribution in [2.75, 3.05) is 31.6 Å². The summed E-state index contributed by atoms with van der Waals surface area (Å²) < 4.78 is 48.9. The first-order valence-corrected chi connectivity index (χ1v) is 10.8. The SMILES string of the molecule is CCS(=O)(=O)CCNC(=O)CN(C)S(=O)(=O)c1ccc(Br)cc1. The summed E-state index contributed by atoms with van der Waals surface area (Å²) in [6, 6.07) is 6.05. The summed E-state index contributed by atoms with van der Waals surface area (Å²) in [6.07, 6.45) is 0. The molecule has 1 aromatic carbocycles. The van der Waals surface area contributed by atoms with Gasteiger partial charge in [0.2, 0.25) is 15.9 Å². The van der Waals surface area contributed by atoms with Crippen LogP contribution >= 0.6 is 15.9 Å². The summed E-state index contributed by atoms with van der Waals surface area (Å²) in [4.78, 5) is 11.8. The van der Waals surface area contributed by atoms with Crippen LogP contribution in [0.4, 0.5) is 0 Å². The highest BCUT2D eigenvalue weighted by molar-refractivity contribution is 9.10. The normalized spacial score (nSPS) is 12.3. The van der Waals surface area contributed by atoms with Crippen molar-refractivity contribution in [3.05, 3.63) is 28.7 Å². The molecule has 0 heterocycles. The molecule has 0 unspecified atom stereocenters. The van der Waals surface area contributed by atoms with Gasteiger partial charge in [0, 0.05) is 23.8 Å². The van der Waals surface area contributed by atoms with Crippen molar-refractivity contribution in [3.8, 4) is 0 Å². The summed E-state index contributed by atoms with van der Waals surface area (Å²) in [5, 5.41) is 2.40. The van der Waals surface area contributed by atoms with Gasteiger partial charge >= 0.3 is 0 Å². The van der Waals surface area contributed by atoms with E-state index in [0.717, 1.165) is 8.78 Å². The van der Waals surface area contributed by atoms with Gasteiger partial charge in [-0.3, -0.25) is 4.79 Å². The molecule has 0 spiro atoms. The predicted molar refractivity (Wildman–Crippen MR) is 91.3 cm³/mol. The van der Waals surface area contributed by atoms with Crippen molar-refractivity contribution in [1.29, 1.82) is 0 Å². The first-order valence-electron chi connectivity index (χ1n) is 6.77. The van der Waals surface area contributed by atoms with Gasteiger partial charge in [0.05, 0.1) is 17.2 Å². The maximum atomic E-state index is 12.3. The van der Waals surface area contributed by atoms with Crippen molar-refractivity contribution < 1.29 is 21.6 Å². The molecule has 0 fully saturated rings. The van der Waals surface area contributed by atoms with Gasteiger partial charge in [-0.25, -0.2) is 16.8 Å². The molecule has 0 aromatic heterocycles. The van der Waals surface area contributed by atoms with Gasteiger partial charge in [-0.15, -0.1) is 0 Å². The Kier molecular flexibility index (Phi) is 7.18. The van der Waals surface area contributed by atoms with E-state index < -0.39 is 25.8 Å². The highest BCUT2D eigenvalue weighted by Crippen LogP contribution is 2.17. The van der Waals surface area contributed by atoms with E-state index in [2.05, 4.69) is 21.2 Å². The van der Waals surface area contributed by atoms with Gasteiger partial charge in [0.1, 0.15) is 0 Å². The standard InChI is InChI=1S/C13H19BrN2O5S2/c1-3-22(18,19)9-8-15-13(17)10-16(2)23(20,21)12-6-4-11(14)5-7-12/h4-7H,3,8-10H2,1-2H3,(H,15,17). The molecule has 1 N–H and O–H groups in total. The maximum absolute atomic E-state index is 12.3. The van der Waals surface area contributed by atoms with E-state index in [0.29, 0.717) is 0 Å². The van der Waals surface area contributed by atoms with Gasteiger partial charge in [-0.1, -0.05) is 22.9 Å². The number of nitrogens with zero attached hydrogens (tertiary/aromatic N) is 1. The Bertz CT molecular complexity index is 745. The molecule has 0 saturated carbocycles. The monoisotopic (exact) mass is 426 g/mol. The van der Waals surface area contributed by atoms with E-state index in [4.69, 9.17) is 0 Å². The Labute approximate surface area is 145 Å². The van der Waals surface area contributed by atoms with Gasteiger partial charge in [-0.05, 0) is 24.3 Å². The fraction of sp³-hybridized carbons (Fsp3) is 0.462. The number of benzene rings is 1. The van der Waals surface area contributed by atoms with Crippen molar-refractivity contribution in [1.82, 2.24) is 9.62 Å². The number of hydrogen-bond acceptors (Lipinski definition) is 5. The lowest BCUT2D eigenvalue weighted by atomic mass is 10.4. The van der Waals surface area contributed by atoms with E-state index in [1.165, 1.54) is 26.1 Å². The van der Waals surface area contributed by atoms with Crippen molar-refractivity contribution in [3.63, 3.8) is 0 Å². The molecule has 0 bridgehead atoms. The third kappa shape index (κ3) is 6.21. The average molecular weight is 427 g/mol. The number of carbonyl (C=O) groups is 1. The molecule has 0 radical (unpaired) electrons. The Hall–Kier alpha value is -0.970. The first kappa shape index (κ1) is 20.1. The van der Waals surface area contributed by atoms with E-state index in [1.807, 2.05) is 0 Å². The van der Waals surface area contributed by atoms with Crippen LogP contribution in [0.1, 0.15) is 6.92 Å². The predicted octanol–water partition coefficient (Wildman–Crippen LogP) is 0.621. The molecule has 1 rings (SSSR count). The summed E-state index contributed by atoms with van der Waals surface area (Å²) in [5.41, 5.74) is 0. The number of sulfone groups is 1. The van der Waals surface area contributed by atoms with Crippen LogP contribution in [0.5, 0.6) is 0 Å². The van der Waals surface area contributed by atoms with Crippen molar-refractivity contribution >= 4 is 41.7 Å². The van der Waals surface area contributed by atoms with Gasteiger partial charge in [0.25, 0.3) is 0 Å². The second-order valence-corrected chi connectivity index (χ2v) is 10.2. The zero-order valence-corrected chi connectivity index (χ0v) is 16.0. The van der Waals surface area contributed by atoms with Crippen LogP contribution in [-0.2, 0) is 24.7 Å². The quantitative estimate of drug-likeness (QED) is 0.656. The molecule has 130 valence electrons. The van der Waals surface area contributed by atoms with Crippen molar-refractivity contribution in [2.45, 2.75) is 11.8 Å². The molecular formula is C13H19BrN2O5S2. The first-order chi connectivity index (χ1) is 10.6. The summed E-state index contributed by atoms with van der Waals surface area (Å²) in [5.74, 6) is -0.724. The minimum absolute atomic E-state index is 0.000714. The number of halogens is 1. The minimum Gasteiger partial charge on any atom is -0.354 e. The molecular weight excluding hydrogens is 408 g/mol. The minimum atomic E-state index is -3.78. The lowest BCUT2D eigenvalue weighted by Crippen LogP contribution is -2.39. The lowest BCUT2D eigenvalue weighted by molar-refractivity contribution is -0.121. The molecule has 0 aliphatic rings. The van der Waals surface area contributed by atoms with Gasteiger partial charge in [0.15, 0.2) is 9.84 Å². The Morgan fingerprint density at radius 1 is 1.17 bits per heavy atom. The number of carbonyl (C=O) groups excluding carboxylic acids is 1. The number of nitrogens with one attached hydrogen (secondary N) is 1. The van der Waals surface area contributed by atoms with Crippen LogP contribution in [0.3, 0.4) is 0 Å². The van der Waals surface area contributed by atoms with E-state index >= 15 is 0 Å². The molecule has 0 aliphatic heterocycles. The van der Waals surface area contributed by atoms with Crippen molar-refractivity contribution in [2.24, 2.45) is 0 Å². The number of rotatable bonds is 8. The smallest absolute Gasteiger partial charge is 0.243 e. The maximum Gasteiger partial charge on any atom is 0.243 e. The third-order valence-corrected chi connectivity index (χ3v) is 7.12. The second kappa shape index (κ2) is 8.22. The highest BCUT2D eigenvalue weighted by Gasteiger charge is 2.22. The number of likely N-dealkylation sites (N-methyl/N-ethyl adjacent to an activating group) is 1. The van der Waals surface area contributed by atoms with Gasteiger partial charge in [-0.2, -0.15) is 4.31 Å². The summed E-state index contributed by atoms with van der Waals surface area (Å²) in [7, 11) is -5.65. The van der Waals surface area contributed by atoms with Crippen LogP contribution in [0.2, 0.25) is 0 Å². The largest absolute Gasteiger partial charge is 0.354 e. The molecule has 1 aromatic rings. The lowest BCUT2D eigenvalue weighted by Gasteiger charge is -2.17. The Morgan fingerprint density at radius 3 is 2.26 bits per heavy atom. The zero-order chi connectivity index (χ0) is 17.7. The number of sulfonamides is 1. The van der Waals surface area contributed by atoms with E-state index in [1.54, 1.807) is 12.1 Å². The number of hydrogen-bond donors (Lipinski definition) is 1. The molecule has 0 aliphatic carbocycles. The van der Waals surface area contributed by atoms with Crippen LogP contribution in [0, 0.1) is 0 Å². The van der Waals surface area contributed by atoms with E-state index in [-0.39, 0.29) is 29.5 Å². The molecule has 1 amide bonds. The summed E-state index contributed by atoms with van der Waals surface area (Å²) >= 11 is 3.22. The third-order valence-electron chi connectivity index (χ3n) is 3.06. The number of amides is 1. The van der Waals surface area contributed by atoms with Crippen LogP contribution in [-0.4, -0.2) is 58.7 Å². The molecule has 0 saturated heterocycles. The topological polar surface area (TPSA) is 101 Å². The second-order valence-electron chi connectivity index (χ2n) is 4.80. The molecule has 0 atom stereocenters. The van der Waals surface area contributed by atoms with Crippen LogP contribution < -0.4 is 5.32 Å². The fourth-order valence-electron chi connectivity index (χ4n) is 1.62. The Morgan fingerprint density at radius 2 is 1.74 bits per heavy atom. The van der Waals surface area contributed by atoms with Crippen LogP contribution in [0.15, 0.2) is 33.6 Å². The molecule has 23 heavy (non-hydrogen) atoms. The molecule has 10 heteroatoms. The highest BCUT2D eigenvalue weighted by atomic mass is 79.9. The summed E-state index contributed by atoms with van der Waals surface area (Å²) in [6.45, 7) is 1.10. The Balaban J connectivity index is 2.62. The van der Waals surface area contributed by atoms with Crippen LogP contribution in [0.25, 0.3) is 0 Å². The molecule has 7 nitrogen and oxygen atoms in total. The average Bonchev–Trinajstić information content (AvgIpc) is 2.47.